The van der Waals surface area contributed by atoms with E-state index in [0.29, 0.717) is 18.5 Å². The monoisotopic (exact) mass is 483 g/mol. The van der Waals surface area contributed by atoms with E-state index in [1.54, 1.807) is 4.90 Å². The number of anilines is 1. The van der Waals surface area contributed by atoms with Gasteiger partial charge in [-0.2, -0.15) is 0 Å². The summed E-state index contributed by atoms with van der Waals surface area (Å²) >= 11 is 0. The highest BCUT2D eigenvalue weighted by Crippen LogP contribution is 2.65. The number of ether oxygens (including phenoxy) is 1. The summed E-state index contributed by atoms with van der Waals surface area (Å²) in [7, 11) is 0. The minimum Gasteiger partial charge on any atom is -0.396 e. The predicted octanol–water partition coefficient (Wildman–Crippen LogP) is 2.47. The molecule has 0 aromatic heterocycles. The van der Waals surface area contributed by atoms with E-state index in [2.05, 4.69) is 10.6 Å². The second-order valence-corrected chi connectivity index (χ2v) is 11.0. The molecular weight excluding hydrogens is 446 g/mol. The van der Waals surface area contributed by atoms with Crippen LogP contribution in [0.4, 0.5) is 5.69 Å². The Morgan fingerprint density at radius 2 is 1.86 bits per heavy atom. The third kappa shape index (κ3) is 3.85. The van der Waals surface area contributed by atoms with Gasteiger partial charge in [0.15, 0.2) is 0 Å². The summed E-state index contributed by atoms with van der Waals surface area (Å²) in [6.45, 7) is 4.15. The Bertz CT molecular complexity index is 980. The van der Waals surface area contributed by atoms with Crippen LogP contribution in [0.15, 0.2) is 30.3 Å². The number of benzene rings is 1. The Balaban J connectivity index is 1.49. The van der Waals surface area contributed by atoms with E-state index < -0.39 is 29.1 Å². The lowest BCUT2D eigenvalue weighted by atomic mass is 9.62. The number of rotatable bonds is 7. The molecule has 0 radical (unpaired) electrons. The third-order valence-corrected chi connectivity index (χ3v) is 8.90. The van der Waals surface area contributed by atoms with E-state index in [1.807, 2.05) is 44.2 Å². The molecular formula is C27H37N3O5. The first-order valence-electron chi connectivity index (χ1n) is 13.1. The van der Waals surface area contributed by atoms with Crippen molar-refractivity contribution >= 4 is 23.4 Å². The molecule has 1 aromatic rings. The fourth-order valence-electron chi connectivity index (χ4n) is 7.19. The Labute approximate surface area is 206 Å². The van der Waals surface area contributed by atoms with Gasteiger partial charge in [0.1, 0.15) is 11.6 Å². The fraction of sp³-hybridized carbons (Fsp3) is 0.667. The van der Waals surface area contributed by atoms with Crippen molar-refractivity contribution in [2.45, 2.75) is 82.1 Å². The number of nitrogens with one attached hydrogen (secondary N) is 2. The number of fused-ring (bicyclic) bond motifs is 1. The van der Waals surface area contributed by atoms with E-state index in [0.717, 1.165) is 25.7 Å². The van der Waals surface area contributed by atoms with Gasteiger partial charge in [-0.1, -0.05) is 44.4 Å². The van der Waals surface area contributed by atoms with Crippen LogP contribution < -0.4 is 10.6 Å². The SMILES string of the molecule is CC1CC23O[C@@]1(C)[C@H](C(=O)Nc1ccccc1)[C@H]2C(=O)N(CCCO)C3C(=O)NC1CCCCC1. The van der Waals surface area contributed by atoms with Crippen LogP contribution in [0.2, 0.25) is 0 Å². The van der Waals surface area contributed by atoms with Gasteiger partial charge in [0.05, 0.1) is 17.4 Å². The molecule has 190 valence electrons. The zero-order valence-electron chi connectivity index (χ0n) is 20.7. The quantitative estimate of drug-likeness (QED) is 0.552. The van der Waals surface area contributed by atoms with Crippen LogP contribution in [-0.2, 0) is 19.1 Å². The number of nitrogens with zero attached hydrogens (tertiary/aromatic N) is 1. The maximum Gasteiger partial charge on any atom is 0.246 e. The molecule has 35 heavy (non-hydrogen) atoms. The Kier molecular flexibility index (Phi) is 6.38. The maximum atomic E-state index is 13.9. The average Bonchev–Trinajstić information content (AvgIpc) is 3.35. The molecule has 1 aliphatic carbocycles. The topological polar surface area (TPSA) is 108 Å². The third-order valence-electron chi connectivity index (χ3n) is 8.90. The zero-order chi connectivity index (χ0) is 24.8. The first-order chi connectivity index (χ1) is 16.8. The molecule has 6 atom stereocenters. The summed E-state index contributed by atoms with van der Waals surface area (Å²) in [5.74, 6) is -2.09. The van der Waals surface area contributed by atoms with Gasteiger partial charge in [-0.05, 0) is 50.7 Å². The molecule has 3 N–H and O–H groups in total. The van der Waals surface area contributed by atoms with Gasteiger partial charge >= 0.3 is 0 Å². The predicted molar refractivity (Wildman–Crippen MR) is 130 cm³/mol. The minimum absolute atomic E-state index is 0.000783. The van der Waals surface area contributed by atoms with E-state index >= 15 is 0 Å². The maximum absolute atomic E-state index is 13.9. The zero-order valence-corrected chi connectivity index (χ0v) is 20.7. The molecule has 1 spiro atoms. The lowest BCUT2D eigenvalue weighted by molar-refractivity contribution is -0.146. The largest absolute Gasteiger partial charge is 0.396 e. The summed E-state index contributed by atoms with van der Waals surface area (Å²) in [6, 6.07) is 8.51. The number of aliphatic hydroxyl groups excluding tert-OH is 1. The number of hydrogen-bond acceptors (Lipinski definition) is 5. The molecule has 1 aromatic carbocycles. The summed E-state index contributed by atoms with van der Waals surface area (Å²) < 4.78 is 6.71. The van der Waals surface area contributed by atoms with Crippen LogP contribution in [0.25, 0.3) is 0 Å². The summed E-state index contributed by atoms with van der Waals surface area (Å²) in [5.41, 5.74) is -1.22. The van der Waals surface area contributed by atoms with Gasteiger partial charge in [-0.15, -0.1) is 0 Å². The van der Waals surface area contributed by atoms with Gasteiger partial charge in [-0.25, -0.2) is 0 Å². The lowest BCUT2D eigenvalue weighted by Gasteiger charge is -2.36. The summed E-state index contributed by atoms with van der Waals surface area (Å²) in [6.07, 6.45) is 6.16. The Hall–Kier alpha value is -2.45. The summed E-state index contributed by atoms with van der Waals surface area (Å²) in [5, 5.41) is 15.7. The van der Waals surface area contributed by atoms with E-state index in [4.69, 9.17) is 4.74 Å². The number of likely N-dealkylation sites (tertiary alicyclic amines) is 1. The van der Waals surface area contributed by atoms with Gasteiger partial charge in [0.25, 0.3) is 0 Å². The Morgan fingerprint density at radius 3 is 2.54 bits per heavy atom. The van der Waals surface area contributed by atoms with Crippen molar-refractivity contribution in [1.29, 1.82) is 0 Å². The van der Waals surface area contributed by atoms with E-state index in [9.17, 15) is 19.5 Å². The highest BCUT2D eigenvalue weighted by Gasteiger charge is 2.79. The average molecular weight is 484 g/mol. The van der Waals surface area contributed by atoms with Gasteiger partial charge < -0.3 is 25.4 Å². The molecule has 5 rings (SSSR count). The molecule has 4 aliphatic rings. The first-order valence-corrected chi connectivity index (χ1v) is 13.1. The standard InChI is InChI=1S/C27H37N3O5/c1-17-16-27-21(20(26(17,2)35-27)23(32)28-18-10-5-3-6-11-18)25(34)30(14-9-15-31)22(27)24(33)29-19-12-7-4-8-13-19/h3,5-6,10-11,17,19-22,31H,4,7-9,12-16H2,1-2H3,(H,28,32)(H,29,33)/t17?,20-,21-,22?,26+,27?/m0/s1. The lowest BCUT2D eigenvalue weighted by Crippen LogP contribution is -2.57. The van der Waals surface area contributed by atoms with Crippen LogP contribution in [-0.4, -0.2) is 64.2 Å². The molecule has 1 saturated carbocycles. The molecule has 3 heterocycles. The van der Waals surface area contributed by atoms with Crippen molar-refractivity contribution in [3.8, 4) is 0 Å². The number of amides is 3. The molecule has 3 unspecified atom stereocenters. The van der Waals surface area contributed by atoms with Crippen LogP contribution in [0.1, 0.15) is 58.8 Å². The van der Waals surface area contributed by atoms with Crippen LogP contribution >= 0.6 is 0 Å². The molecule has 8 nitrogen and oxygen atoms in total. The van der Waals surface area contributed by atoms with Crippen molar-refractivity contribution in [3.63, 3.8) is 0 Å². The van der Waals surface area contributed by atoms with Crippen LogP contribution in [0.3, 0.4) is 0 Å². The van der Waals surface area contributed by atoms with Crippen molar-refractivity contribution in [2.24, 2.45) is 17.8 Å². The summed E-state index contributed by atoms with van der Waals surface area (Å²) in [4.78, 5) is 42.9. The highest BCUT2D eigenvalue weighted by atomic mass is 16.5. The normalized spacial score (nSPS) is 36.3. The van der Waals surface area contributed by atoms with Gasteiger partial charge in [0.2, 0.25) is 17.7 Å². The Morgan fingerprint density at radius 1 is 1.14 bits per heavy atom. The van der Waals surface area contributed by atoms with Gasteiger partial charge in [-0.3, -0.25) is 14.4 Å². The molecule has 4 fully saturated rings. The number of carbonyl (C=O) groups excluding carboxylic acids is 3. The van der Waals surface area contributed by atoms with Crippen molar-refractivity contribution in [3.05, 3.63) is 30.3 Å². The molecule has 8 heteroatoms. The number of para-hydroxylation sites is 1. The van der Waals surface area contributed by atoms with Gasteiger partial charge in [0, 0.05) is 24.9 Å². The highest BCUT2D eigenvalue weighted by molar-refractivity contribution is 6.02. The fourth-order valence-corrected chi connectivity index (χ4v) is 7.19. The first kappa shape index (κ1) is 24.3. The number of aliphatic hydroxyl groups is 1. The second-order valence-electron chi connectivity index (χ2n) is 11.0. The molecule has 3 saturated heterocycles. The molecule has 3 aliphatic heterocycles. The van der Waals surface area contributed by atoms with E-state index in [1.165, 1.54) is 6.42 Å². The van der Waals surface area contributed by atoms with Crippen molar-refractivity contribution < 1.29 is 24.2 Å². The van der Waals surface area contributed by atoms with E-state index in [-0.39, 0.29) is 42.8 Å². The number of carbonyl (C=O) groups is 3. The molecule has 3 amide bonds. The second kappa shape index (κ2) is 9.21. The minimum atomic E-state index is -1.04. The van der Waals surface area contributed by atoms with Crippen LogP contribution in [0, 0.1) is 17.8 Å². The van der Waals surface area contributed by atoms with Crippen LogP contribution in [0.5, 0.6) is 0 Å². The molecule has 2 bridgehead atoms. The van der Waals surface area contributed by atoms with Crippen molar-refractivity contribution in [2.75, 3.05) is 18.5 Å². The smallest absolute Gasteiger partial charge is 0.246 e. The van der Waals surface area contributed by atoms with Crippen molar-refractivity contribution in [1.82, 2.24) is 10.2 Å². The number of hydrogen-bond donors (Lipinski definition) is 3.